The summed E-state index contributed by atoms with van der Waals surface area (Å²) in [5.41, 5.74) is 0. The van der Waals surface area contributed by atoms with E-state index in [1.807, 2.05) is 6.92 Å². The molecule has 2 nitrogen and oxygen atoms in total. The Morgan fingerprint density at radius 3 is 2.75 bits per heavy atom. The molecule has 0 aromatic heterocycles. The van der Waals surface area contributed by atoms with Gasteiger partial charge in [0.05, 0.1) is 6.07 Å². The summed E-state index contributed by atoms with van der Waals surface area (Å²) in [7, 11) is 0. The Balaban J connectivity index is 2.10. The van der Waals surface area contributed by atoms with Crippen LogP contribution in [0, 0.1) is 23.2 Å². The molecule has 0 aliphatic carbocycles. The zero-order valence-corrected chi connectivity index (χ0v) is 7.75. The topological polar surface area (TPSA) is 33.0 Å². The Morgan fingerprint density at radius 2 is 2.17 bits per heavy atom. The van der Waals surface area contributed by atoms with E-state index in [0.29, 0.717) is 0 Å². The van der Waals surface area contributed by atoms with Gasteiger partial charge in [-0.3, -0.25) is 0 Å². The van der Waals surface area contributed by atoms with Crippen molar-refractivity contribution in [2.24, 2.45) is 11.8 Å². The monoisotopic (exact) mass is 167 g/mol. The van der Waals surface area contributed by atoms with Gasteiger partial charge in [0.25, 0.3) is 0 Å². The summed E-state index contributed by atoms with van der Waals surface area (Å²) in [5, 5.41) is 8.59. The van der Waals surface area contributed by atoms with Crippen molar-refractivity contribution in [1.29, 1.82) is 5.26 Å². The van der Waals surface area contributed by atoms with Crippen LogP contribution in [0.5, 0.6) is 0 Å². The number of nitrogens with zero attached hydrogens (tertiary/aromatic N) is 1. The van der Waals surface area contributed by atoms with Gasteiger partial charge in [0.15, 0.2) is 0 Å². The Hall–Kier alpha value is -0.550. The fourth-order valence-corrected chi connectivity index (χ4v) is 1.59. The van der Waals surface area contributed by atoms with Crippen molar-refractivity contribution < 1.29 is 4.74 Å². The summed E-state index contributed by atoms with van der Waals surface area (Å²) in [4.78, 5) is 0. The molecule has 1 heterocycles. The molecule has 68 valence electrons. The van der Waals surface area contributed by atoms with Gasteiger partial charge in [-0.1, -0.05) is 0 Å². The molecule has 0 spiro atoms. The lowest BCUT2D eigenvalue weighted by molar-refractivity contribution is 0.0626. The van der Waals surface area contributed by atoms with Crippen LogP contribution in [0.3, 0.4) is 0 Å². The number of ether oxygens (including phenoxy) is 1. The van der Waals surface area contributed by atoms with Crippen LogP contribution in [0.1, 0.15) is 32.6 Å². The summed E-state index contributed by atoms with van der Waals surface area (Å²) in [6, 6.07) is 2.27. The molecular weight excluding hydrogens is 150 g/mol. The van der Waals surface area contributed by atoms with Crippen LogP contribution in [0.15, 0.2) is 0 Å². The van der Waals surface area contributed by atoms with Crippen LogP contribution in [-0.4, -0.2) is 13.2 Å². The van der Waals surface area contributed by atoms with E-state index in [9.17, 15) is 0 Å². The average molecular weight is 167 g/mol. The highest BCUT2D eigenvalue weighted by Gasteiger charge is 2.14. The molecule has 1 fully saturated rings. The first-order valence-corrected chi connectivity index (χ1v) is 4.80. The predicted molar refractivity (Wildman–Crippen MR) is 47.6 cm³/mol. The van der Waals surface area contributed by atoms with Crippen molar-refractivity contribution in [2.75, 3.05) is 13.2 Å². The third-order valence-electron chi connectivity index (χ3n) is 2.57. The van der Waals surface area contributed by atoms with Gasteiger partial charge in [-0.2, -0.15) is 5.26 Å². The maximum Gasteiger partial charge on any atom is 0.0652 e. The van der Waals surface area contributed by atoms with E-state index in [2.05, 4.69) is 6.07 Å². The van der Waals surface area contributed by atoms with E-state index >= 15 is 0 Å². The molecule has 1 rings (SSSR count). The van der Waals surface area contributed by atoms with Gasteiger partial charge >= 0.3 is 0 Å². The van der Waals surface area contributed by atoms with E-state index in [4.69, 9.17) is 10.00 Å². The molecule has 0 amide bonds. The molecule has 0 N–H and O–H groups in total. The fraction of sp³-hybridized carbons (Fsp3) is 0.900. The third kappa shape index (κ3) is 3.23. The first kappa shape index (κ1) is 9.54. The normalized spacial score (nSPS) is 21.7. The number of hydrogen-bond donors (Lipinski definition) is 0. The fourth-order valence-electron chi connectivity index (χ4n) is 1.59. The van der Waals surface area contributed by atoms with Crippen molar-refractivity contribution >= 4 is 0 Å². The molecule has 12 heavy (non-hydrogen) atoms. The molecule has 1 unspecified atom stereocenters. The van der Waals surface area contributed by atoms with Gasteiger partial charge < -0.3 is 4.74 Å². The first-order valence-electron chi connectivity index (χ1n) is 4.80. The maximum atomic E-state index is 8.59. The van der Waals surface area contributed by atoms with Crippen LogP contribution in [0.25, 0.3) is 0 Å². The van der Waals surface area contributed by atoms with Crippen molar-refractivity contribution in [3.05, 3.63) is 0 Å². The predicted octanol–water partition coefficient (Wildman–Crippen LogP) is 2.35. The molecule has 0 aromatic carbocycles. The maximum absolute atomic E-state index is 8.59. The zero-order valence-electron chi connectivity index (χ0n) is 7.75. The van der Waals surface area contributed by atoms with Crippen LogP contribution < -0.4 is 0 Å². The molecule has 1 aliphatic heterocycles. The van der Waals surface area contributed by atoms with Crippen molar-refractivity contribution in [2.45, 2.75) is 32.6 Å². The van der Waals surface area contributed by atoms with Gasteiger partial charge in [0, 0.05) is 19.1 Å². The summed E-state index contributed by atoms with van der Waals surface area (Å²) < 4.78 is 5.27. The van der Waals surface area contributed by atoms with Crippen molar-refractivity contribution in [3.63, 3.8) is 0 Å². The molecule has 1 atom stereocenters. The van der Waals surface area contributed by atoms with Crippen LogP contribution >= 0.6 is 0 Å². The Labute approximate surface area is 74.5 Å². The summed E-state index contributed by atoms with van der Waals surface area (Å²) in [6.45, 7) is 3.84. The molecule has 0 aromatic rings. The van der Waals surface area contributed by atoms with Crippen LogP contribution in [0.2, 0.25) is 0 Å². The Kier molecular flexibility index (Phi) is 4.10. The molecule has 0 saturated carbocycles. The van der Waals surface area contributed by atoms with Gasteiger partial charge in [0.1, 0.15) is 0 Å². The minimum absolute atomic E-state index is 0.229. The largest absolute Gasteiger partial charge is 0.381 e. The summed E-state index contributed by atoms with van der Waals surface area (Å²) >= 11 is 0. The SMILES string of the molecule is CC(C#N)CCC1CCOCC1. The average Bonchev–Trinajstić information content (AvgIpc) is 2.16. The minimum Gasteiger partial charge on any atom is -0.381 e. The highest BCUT2D eigenvalue weighted by Crippen LogP contribution is 2.21. The lowest BCUT2D eigenvalue weighted by atomic mass is 9.92. The van der Waals surface area contributed by atoms with Crippen LogP contribution in [0.4, 0.5) is 0 Å². The highest BCUT2D eigenvalue weighted by molar-refractivity contribution is 4.79. The number of hydrogen-bond acceptors (Lipinski definition) is 2. The van der Waals surface area contributed by atoms with Gasteiger partial charge in [-0.05, 0) is 38.5 Å². The van der Waals surface area contributed by atoms with E-state index in [1.54, 1.807) is 0 Å². The van der Waals surface area contributed by atoms with E-state index in [1.165, 1.54) is 19.3 Å². The molecule has 1 aliphatic rings. The second kappa shape index (κ2) is 5.16. The summed E-state index contributed by atoms with van der Waals surface area (Å²) in [5.74, 6) is 1.04. The van der Waals surface area contributed by atoms with E-state index < -0.39 is 0 Å². The van der Waals surface area contributed by atoms with E-state index in [0.717, 1.165) is 25.6 Å². The second-order valence-electron chi connectivity index (χ2n) is 3.66. The quantitative estimate of drug-likeness (QED) is 0.646. The lowest BCUT2D eigenvalue weighted by Crippen LogP contribution is -2.16. The van der Waals surface area contributed by atoms with Crippen LogP contribution in [-0.2, 0) is 4.74 Å². The standard InChI is InChI=1S/C10H17NO/c1-9(8-11)2-3-10-4-6-12-7-5-10/h9-10H,2-7H2,1H3. The lowest BCUT2D eigenvalue weighted by Gasteiger charge is -2.21. The zero-order chi connectivity index (χ0) is 8.81. The Bertz CT molecular complexity index is 156. The second-order valence-corrected chi connectivity index (χ2v) is 3.66. The minimum atomic E-state index is 0.229. The third-order valence-corrected chi connectivity index (χ3v) is 2.57. The molecule has 0 bridgehead atoms. The van der Waals surface area contributed by atoms with Gasteiger partial charge in [-0.15, -0.1) is 0 Å². The number of nitriles is 1. The number of rotatable bonds is 3. The van der Waals surface area contributed by atoms with Gasteiger partial charge in [0.2, 0.25) is 0 Å². The smallest absolute Gasteiger partial charge is 0.0652 e. The first-order chi connectivity index (χ1) is 5.83. The van der Waals surface area contributed by atoms with E-state index in [-0.39, 0.29) is 5.92 Å². The Morgan fingerprint density at radius 1 is 1.50 bits per heavy atom. The molecule has 2 heteroatoms. The molecular formula is C10H17NO. The molecule has 0 radical (unpaired) electrons. The van der Waals surface area contributed by atoms with Crippen molar-refractivity contribution in [1.82, 2.24) is 0 Å². The summed E-state index contributed by atoms with van der Waals surface area (Å²) in [6.07, 6.45) is 4.65. The van der Waals surface area contributed by atoms with Crippen molar-refractivity contribution in [3.8, 4) is 6.07 Å². The highest BCUT2D eigenvalue weighted by atomic mass is 16.5. The van der Waals surface area contributed by atoms with Gasteiger partial charge in [-0.25, -0.2) is 0 Å². The molecule has 1 saturated heterocycles.